The van der Waals surface area contributed by atoms with Gasteiger partial charge in [0.2, 0.25) is 0 Å². The normalized spacial score (nSPS) is 12.6. The highest BCUT2D eigenvalue weighted by Crippen LogP contribution is 2.33. The first-order valence-corrected chi connectivity index (χ1v) is 8.01. The van der Waals surface area contributed by atoms with E-state index in [1.807, 2.05) is 23.0 Å². The van der Waals surface area contributed by atoms with Gasteiger partial charge in [-0.3, -0.25) is 0 Å². The van der Waals surface area contributed by atoms with Crippen molar-refractivity contribution in [1.82, 2.24) is 0 Å². The Kier molecular flexibility index (Phi) is 6.21. The van der Waals surface area contributed by atoms with Crippen molar-refractivity contribution in [2.24, 2.45) is 5.92 Å². The molecule has 0 saturated heterocycles. The zero-order chi connectivity index (χ0) is 15.2. The monoisotopic (exact) mass is 396 g/mol. The third-order valence-electron chi connectivity index (χ3n) is 3.86. The summed E-state index contributed by atoms with van der Waals surface area (Å²) in [6.07, 6.45) is 0. The second-order valence-electron chi connectivity index (χ2n) is 5.52. The van der Waals surface area contributed by atoms with Gasteiger partial charge in [-0.2, -0.15) is 0 Å². The van der Waals surface area contributed by atoms with Crippen molar-refractivity contribution < 1.29 is 8.17 Å². The molecule has 3 heteroatoms. The molecule has 0 radical (unpaired) electrons. The molecular weight excluding hydrogens is 375 g/mol. The summed E-state index contributed by atoms with van der Waals surface area (Å²) in [6, 6.07) is 17.1. The minimum absolute atomic E-state index is 0.0484. The van der Waals surface area contributed by atoms with Crippen molar-refractivity contribution >= 4 is 23.0 Å². The van der Waals surface area contributed by atoms with Crippen molar-refractivity contribution in [2.75, 3.05) is 13.2 Å². The van der Waals surface area contributed by atoms with Crippen molar-refractivity contribution in [3.05, 3.63) is 70.8 Å². The first-order valence-electron chi connectivity index (χ1n) is 7.13. The molecule has 0 heterocycles. The third-order valence-corrected chi connectivity index (χ3v) is 4.22. The van der Waals surface area contributed by atoms with E-state index in [1.165, 1.54) is 22.3 Å². The van der Waals surface area contributed by atoms with Gasteiger partial charge in [0.1, 0.15) is 23.0 Å². The van der Waals surface area contributed by atoms with Crippen LogP contribution < -0.4 is 0 Å². The van der Waals surface area contributed by atoms with Gasteiger partial charge < -0.3 is 8.17 Å². The number of benzene rings is 2. The summed E-state index contributed by atoms with van der Waals surface area (Å²) in [5, 5.41) is 9.78. The predicted molar refractivity (Wildman–Crippen MR) is 94.7 cm³/mol. The molecule has 0 bridgehead atoms. The number of hydrogen-bond donors (Lipinski definition) is 1. The number of aliphatic hydroxyl groups excluding tert-OH is 1. The van der Waals surface area contributed by atoms with Gasteiger partial charge in [0.15, 0.2) is 0 Å². The molecule has 2 aromatic carbocycles. The third kappa shape index (κ3) is 4.28. The standard InChI is InChI=1S/C18H21IO2/c1-13-3-7-15(8-4-13)18(17(11-20)12-21-19)16-9-5-14(2)6-10-16/h3-10,17-18,20H,11-12H2,1-2H3. The smallest absolute Gasteiger partial charge is 0.109 e. The van der Waals surface area contributed by atoms with E-state index in [0.717, 1.165) is 0 Å². The zero-order valence-corrected chi connectivity index (χ0v) is 14.6. The maximum Gasteiger partial charge on any atom is 0.109 e. The van der Waals surface area contributed by atoms with Crippen LogP contribution in [0, 0.1) is 19.8 Å². The second kappa shape index (κ2) is 7.92. The SMILES string of the molecule is Cc1ccc(C(c2ccc(C)cc2)C(CO)COI)cc1. The van der Waals surface area contributed by atoms with Crippen molar-refractivity contribution in [1.29, 1.82) is 0 Å². The van der Waals surface area contributed by atoms with Gasteiger partial charge in [-0.25, -0.2) is 0 Å². The van der Waals surface area contributed by atoms with Crippen molar-refractivity contribution in [2.45, 2.75) is 19.8 Å². The second-order valence-corrected chi connectivity index (χ2v) is 6.14. The Balaban J connectivity index is 2.42. The van der Waals surface area contributed by atoms with Crippen LogP contribution in [0.15, 0.2) is 48.5 Å². The topological polar surface area (TPSA) is 29.5 Å². The van der Waals surface area contributed by atoms with E-state index in [2.05, 4.69) is 62.4 Å². The van der Waals surface area contributed by atoms with Gasteiger partial charge in [-0.05, 0) is 25.0 Å². The first-order chi connectivity index (χ1) is 10.2. The minimum atomic E-state index is 0.0484. The van der Waals surface area contributed by atoms with E-state index in [1.54, 1.807) is 0 Å². The fourth-order valence-corrected chi connectivity index (χ4v) is 3.08. The van der Waals surface area contributed by atoms with Crippen LogP contribution in [0.4, 0.5) is 0 Å². The van der Waals surface area contributed by atoms with Gasteiger partial charge in [0, 0.05) is 18.4 Å². The lowest BCUT2D eigenvalue weighted by Crippen LogP contribution is -2.22. The largest absolute Gasteiger partial charge is 0.396 e. The van der Waals surface area contributed by atoms with Gasteiger partial charge in [0.25, 0.3) is 0 Å². The highest BCUT2D eigenvalue weighted by Gasteiger charge is 2.24. The first kappa shape index (κ1) is 16.5. The van der Waals surface area contributed by atoms with Crippen LogP contribution >= 0.6 is 23.0 Å². The van der Waals surface area contributed by atoms with Gasteiger partial charge in [-0.15, -0.1) is 0 Å². The maximum absolute atomic E-state index is 9.78. The molecule has 0 spiro atoms. The molecular formula is C18H21IO2. The van der Waals surface area contributed by atoms with Crippen LogP contribution in [-0.2, 0) is 3.07 Å². The Hall–Kier alpha value is -0.910. The lowest BCUT2D eigenvalue weighted by Gasteiger charge is -2.26. The van der Waals surface area contributed by atoms with Gasteiger partial charge in [0.05, 0.1) is 6.61 Å². The van der Waals surface area contributed by atoms with Gasteiger partial charge >= 0.3 is 0 Å². The average molecular weight is 396 g/mol. The molecule has 0 aliphatic carbocycles. The molecule has 1 atom stereocenters. The summed E-state index contributed by atoms with van der Waals surface area (Å²) in [5.74, 6) is 0.193. The molecule has 2 aromatic rings. The molecule has 0 fully saturated rings. The molecule has 0 aromatic heterocycles. The predicted octanol–water partition coefficient (Wildman–Crippen LogP) is 4.41. The van der Waals surface area contributed by atoms with Crippen LogP contribution in [0.5, 0.6) is 0 Å². The quantitative estimate of drug-likeness (QED) is 0.733. The fraction of sp³-hybridized carbons (Fsp3) is 0.333. The number of aryl methyl sites for hydroxylation is 2. The van der Waals surface area contributed by atoms with E-state index in [4.69, 9.17) is 3.07 Å². The molecule has 112 valence electrons. The van der Waals surface area contributed by atoms with Crippen LogP contribution in [0.25, 0.3) is 0 Å². The van der Waals surface area contributed by atoms with E-state index in [9.17, 15) is 5.11 Å². The Labute approximate surface area is 140 Å². The van der Waals surface area contributed by atoms with Crippen molar-refractivity contribution in [3.8, 4) is 0 Å². The summed E-state index contributed by atoms with van der Waals surface area (Å²) in [6.45, 7) is 4.81. The van der Waals surface area contributed by atoms with Gasteiger partial charge in [-0.1, -0.05) is 59.7 Å². The molecule has 21 heavy (non-hydrogen) atoms. The van der Waals surface area contributed by atoms with Crippen LogP contribution in [-0.4, -0.2) is 18.3 Å². The van der Waals surface area contributed by atoms with Crippen LogP contribution in [0.1, 0.15) is 28.2 Å². The number of rotatable bonds is 6. The maximum atomic E-state index is 9.78. The summed E-state index contributed by atoms with van der Waals surface area (Å²) >= 11 is 1.90. The molecule has 0 saturated carbocycles. The van der Waals surface area contributed by atoms with E-state index < -0.39 is 0 Å². The Morgan fingerprint density at radius 1 is 0.905 bits per heavy atom. The Bertz CT molecular complexity index is 503. The molecule has 0 aliphatic rings. The minimum Gasteiger partial charge on any atom is -0.396 e. The van der Waals surface area contributed by atoms with E-state index in [-0.39, 0.29) is 18.4 Å². The molecule has 1 N–H and O–H groups in total. The molecule has 2 rings (SSSR count). The molecule has 0 aliphatic heterocycles. The molecule has 1 unspecified atom stereocenters. The summed E-state index contributed by atoms with van der Waals surface area (Å²) in [7, 11) is 0. The summed E-state index contributed by atoms with van der Waals surface area (Å²) in [4.78, 5) is 0. The highest BCUT2D eigenvalue weighted by atomic mass is 127. The van der Waals surface area contributed by atoms with Crippen LogP contribution in [0.2, 0.25) is 0 Å². The highest BCUT2D eigenvalue weighted by molar-refractivity contribution is 14.1. The summed E-state index contributed by atoms with van der Waals surface area (Å²) < 4.78 is 5.28. The Morgan fingerprint density at radius 2 is 1.33 bits per heavy atom. The fourth-order valence-electron chi connectivity index (χ4n) is 2.62. The molecule has 2 nitrogen and oxygen atoms in total. The lowest BCUT2D eigenvalue weighted by molar-refractivity contribution is 0.174. The number of hydrogen-bond acceptors (Lipinski definition) is 2. The summed E-state index contributed by atoms with van der Waals surface area (Å²) in [5.41, 5.74) is 4.92. The van der Waals surface area contributed by atoms with E-state index in [0.29, 0.717) is 6.61 Å². The zero-order valence-electron chi connectivity index (χ0n) is 12.4. The van der Waals surface area contributed by atoms with Crippen molar-refractivity contribution in [3.63, 3.8) is 0 Å². The van der Waals surface area contributed by atoms with Crippen LogP contribution in [0.3, 0.4) is 0 Å². The molecule has 0 amide bonds. The number of halogens is 1. The average Bonchev–Trinajstić information content (AvgIpc) is 2.50. The number of aliphatic hydroxyl groups is 1. The lowest BCUT2D eigenvalue weighted by atomic mass is 9.81. The van der Waals surface area contributed by atoms with E-state index >= 15 is 0 Å². The Morgan fingerprint density at radius 3 is 1.67 bits per heavy atom.